The fourth-order valence-corrected chi connectivity index (χ4v) is 5.86. The van der Waals surface area contributed by atoms with Crippen LogP contribution in [0.4, 0.5) is 5.69 Å². The van der Waals surface area contributed by atoms with Crippen LogP contribution in [0.15, 0.2) is 47.4 Å². The predicted molar refractivity (Wildman–Crippen MR) is 123 cm³/mol. The van der Waals surface area contributed by atoms with Crippen LogP contribution in [0.5, 0.6) is 0 Å². The zero-order chi connectivity index (χ0) is 22.7. The zero-order valence-corrected chi connectivity index (χ0v) is 19.2. The maximum atomic E-state index is 13.1. The highest BCUT2D eigenvalue weighted by Gasteiger charge is 2.28. The summed E-state index contributed by atoms with van der Waals surface area (Å²) in [6.07, 6.45) is 4.79. The number of aryl methyl sites for hydroxylation is 1. The molecule has 32 heavy (non-hydrogen) atoms. The molecule has 0 unspecified atom stereocenters. The summed E-state index contributed by atoms with van der Waals surface area (Å²) < 4.78 is 27.3. The predicted octanol–water partition coefficient (Wildman–Crippen LogP) is 3.66. The third-order valence-electron chi connectivity index (χ3n) is 6.21. The van der Waals surface area contributed by atoms with Gasteiger partial charge in [0.05, 0.1) is 16.1 Å². The van der Waals surface area contributed by atoms with Crippen LogP contribution in [-0.2, 0) is 10.0 Å². The van der Waals surface area contributed by atoms with E-state index >= 15 is 0 Å². The summed E-state index contributed by atoms with van der Waals surface area (Å²) in [4.78, 5) is 28.1. The van der Waals surface area contributed by atoms with Gasteiger partial charge in [-0.25, -0.2) is 8.42 Å². The lowest BCUT2D eigenvalue weighted by Gasteiger charge is -2.27. The van der Waals surface area contributed by atoms with Crippen LogP contribution in [0, 0.1) is 6.92 Å². The standard InChI is InChI=1S/C24H29N3O4S/c1-18-11-12-19(32(30,31)27-15-7-8-16-27)17-21(18)23(28)25-22-10-4-3-9-20(22)24(29)26-13-5-2-6-14-26/h3-4,9-12,17H,2,5-8,13-16H2,1H3,(H,25,28). The van der Waals surface area contributed by atoms with Crippen molar-refractivity contribution < 1.29 is 18.0 Å². The molecular weight excluding hydrogens is 426 g/mol. The second-order valence-corrected chi connectivity index (χ2v) is 10.4. The van der Waals surface area contributed by atoms with E-state index in [4.69, 9.17) is 0 Å². The molecular formula is C24H29N3O4S. The molecule has 0 saturated carbocycles. The van der Waals surface area contributed by atoms with Gasteiger partial charge in [-0.15, -0.1) is 0 Å². The van der Waals surface area contributed by atoms with Crippen LogP contribution in [0.3, 0.4) is 0 Å². The minimum absolute atomic E-state index is 0.0947. The maximum Gasteiger partial charge on any atom is 0.255 e. The van der Waals surface area contributed by atoms with E-state index in [-0.39, 0.29) is 16.4 Å². The minimum Gasteiger partial charge on any atom is -0.339 e. The normalized spacial score (nSPS) is 17.3. The number of hydrogen-bond acceptors (Lipinski definition) is 4. The number of benzene rings is 2. The summed E-state index contributed by atoms with van der Waals surface area (Å²) in [6.45, 7) is 4.21. The molecule has 4 rings (SSSR count). The van der Waals surface area contributed by atoms with Crippen molar-refractivity contribution in [3.8, 4) is 0 Å². The van der Waals surface area contributed by atoms with Gasteiger partial charge in [0.1, 0.15) is 0 Å². The molecule has 2 saturated heterocycles. The van der Waals surface area contributed by atoms with Gasteiger partial charge in [-0.1, -0.05) is 18.2 Å². The Bertz CT molecular complexity index is 1120. The van der Waals surface area contributed by atoms with Crippen LogP contribution in [-0.4, -0.2) is 55.6 Å². The first-order valence-electron chi connectivity index (χ1n) is 11.2. The first kappa shape index (κ1) is 22.5. The van der Waals surface area contributed by atoms with E-state index in [0.29, 0.717) is 29.9 Å². The van der Waals surface area contributed by atoms with Crippen molar-refractivity contribution in [1.82, 2.24) is 9.21 Å². The number of carbonyl (C=O) groups is 2. The average Bonchev–Trinajstić information content (AvgIpc) is 3.36. The molecule has 2 aliphatic heterocycles. The highest BCUT2D eigenvalue weighted by Crippen LogP contribution is 2.25. The maximum absolute atomic E-state index is 13.1. The number of piperidine rings is 1. The molecule has 2 fully saturated rings. The van der Waals surface area contributed by atoms with Crippen molar-refractivity contribution in [3.05, 3.63) is 59.2 Å². The number of sulfonamides is 1. The monoisotopic (exact) mass is 455 g/mol. The summed E-state index contributed by atoms with van der Waals surface area (Å²) in [7, 11) is -3.63. The number of para-hydroxylation sites is 1. The number of rotatable bonds is 5. The molecule has 0 aromatic heterocycles. The summed E-state index contributed by atoms with van der Waals surface area (Å²) in [5.74, 6) is -0.525. The molecule has 7 nitrogen and oxygen atoms in total. The smallest absolute Gasteiger partial charge is 0.255 e. The fraction of sp³-hybridized carbons (Fsp3) is 0.417. The molecule has 170 valence electrons. The van der Waals surface area contributed by atoms with Gasteiger partial charge in [-0.3, -0.25) is 9.59 Å². The van der Waals surface area contributed by atoms with Crippen LogP contribution in [0.2, 0.25) is 0 Å². The minimum atomic E-state index is -3.63. The molecule has 2 heterocycles. The number of nitrogens with zero attached hydrogens (tertiary/aromatic N) is 2. The van der Waals surface area contributed by atoms with Crippen molar-refractivity contribution in [2.24, 2.45) is 0 Å². The molecule has 8 heteroatoms. The Hall–Kier alpha value is -2.71. The number of likely N-dealkylation sites (tertiary alicyclic amines) is 1. The molecule has 2 aromatic rings. The zero-order valence-electron chi connectivity index (χ0n) is 18.3. The van der Waals surface area contributed by atoms with E-state index in [1.807, 2.05) is 4.90 Å². The summed E-state index contributed by atoms with van der Waals surface area (Å²) in [6, 6.07) is 11.6. The highest BCUT2D eigenvalue weighted by molar-refractivity contribution is 7.89. The fourth-order valence-electron chi connectivity index (χ4n) is 4.32. The van der Waals surface area contributed by atoms with E-state index in [0.717, 1.165) is 45.2 Å². The van der Waals surface area contributed by atoms with Crippen molar-refractivity contribution in [3.63, 3.8) is 0 Å². The number of carbonyl (C=O) groups excluding carboxylic acids is 2. The third kappa shape index (κ3) is 4.56. The molecule has 0 spiro atoms. The largest absolute Gasteiger partial charge is 0.339 e. The Morgan fingerprint density at radius 2 is 1.50 bits per heavy atom. The molecule has 2 aromatic carbocycles. The Morgan fingerprint density at radius 3 is 2.22 bits per heavy atom. The summed E-state index contributed by atoms with van der Waals surface area (Å²) in [5, 5.41) is 2.84. The number of hydrogen-bond donors (Lipinski definition) is 1. The van der Waals surface area contributed by atoms with E-state index in [1.165, 1.54) is 10.4 Å². The SMILES string of the molecule is Cc1ccc(S(=O)(=O)N2CCCC2)cc1C(=O)Nc1ccccc1C(=O)N1CCCCC1. The van der Waals surface area contributed by atoms with E-state index in [2.05, 4.69) is 5.32 Å². The second-order valence-electron chi connectivity index (χ2n) is 8.44. The van der Waals surface area contributed by atoms with Crippen LogP contribution in [0.25, 0.3) is 0 Å². The molecule has 1 N–H and O–H groups in total. The van der Waals surface area contributed by atoms with Gasteiger partial charge in [0.2, 0.25) is 10.0 Å². The molecule has 2 amide bonds. The Labute approximate surface area is 189 Å². The topological polar surface area (TPSA) is 86.8 Å². The van der Waals surface area contributed by atoms with Crippen molar-refractivity contribution >= 4 is 27.5 Å². The second kappa shape index (κ2) is 9.42. The first-order chi connectivity index (χ1) is 15.4. The van der Waals surface area contributed by atoms with Gasteiger partial charge in [-0.2, -0.15) is 4.31 Å². The molecule has 0 radical (unpaired) electrons. The van der Waals surface area contributed by atoms with Crippen LogP contribution >= 0.6 is 0 Å². The average molecular weight is 456 g/mol. The number of anilines is 1. The van der Waals surface area contributed by atoms with Gasteiger partial charge in [0.25, 0.3) is 11.8 Å². The Balaban J connectivity index is 1.59. The lowest BCUT2D eigenvalue weighted by Crippen LogP contribution is -2.36. The number of amides is 2. The van der Waals surface area contributed by atoms with Crippen molar-refractivity contribution in [2.45, 2.75) is 43.9 Å². The lowest BCUT2D eigenvalue weighted by molar-refractivity contribution is 0.0725. The lowest BCUT2D eigenvalue weighted by atomic mass is 10.1. The van der Waals surface area contributed by atoms with Crippen LogP contribution < -0.4 is 5.32 Å². The van der Waals surface area contributed by atoms with E-state index in [9.17, 15) is 18.0 Å². The van der Waals surface area contributed by atoms with Crippen molar-refractivity contribution in [2.75, 3.05) is 31.5 Å². The van der Waals surface area contributed by atoms with Crippen molar-refractivity contribution in [1.29, 1.82) is 0 Å². The first-order valence-corrected chi connectivity index (χ1v) is 12.6. The van der Waals surface area contributed by atoms with E-state index in [1.54, 1.807) is 43.3 Å². The quantitative estimate of drug-likeness (QED) is 0.746. The molecule has 0 bridgehead atoms. The van der Waals surface area contributed by atoms with Gasteiger partial charge >= 0.3 is 0 Å². The van der Waals surface area contributed by atoms with Gasteiger partial charge < -0.3 is 10.2 Å². The molecule has 0 atom stereocenters. The molecule has 2 aliphatic rings. The highest BCUT2D eigenvalue weighted by atomic mass is 32.2. The molecule has 0 aliphatic carbocycles. The van der Waals surface area contributed by atoms with Gasteiger partial charge in [-0.05, 0) is 68.9 Å². The summed E-state index contributed by atoms with van der Waals surface area (Å²) >= 11 is 0. The van der Waals surface area contributed by atoms with E-state index < -0.39 is 15.9 Å². The Kier molecular flexibility index (Phi) is 6.62. The Morgan fingerprint density at radius 1 is 0.844 bits per heavy atom. The van der Waals surface area contributed by atoms with Gasteiger partial charge in [0.15, 0.2) is 0 Å². The van der Waals surface area contributed by atoms with Gasteiger partial charge in [0, 0.05) is 31.7 Å². The van der Waals surface area contributed by atoms with Crippen LogP contribution in [0.1, 0.15) is 58.4 Å². The summed E-state index contributed by atoms with van der Waals surface area (Å²) in [5.41, 5.74) is 1.83. The third-order valence-corrected chi connectivity index (χ3v) is 8.10. The number of nitrogens with one attached hydrogen (secondary N) is 1.